The summed E-state index contributed by atoms with van der Waals surface area (Å²) in [6, 6.07) is 6.32. The lowest BCUT2D eigenvalue weighted by atomic mass is 10.0. The number of benzene rings is 1. The Balaban J connectivity index is 2.26. The van der Waals surface area contributed by atoms with E-state index in [0.29, 0.717) is 11.6 Å². The van der Waals surface area contributed by atoms with Gasteiger partial charge in [0.25, 0.3) is 5.69 Å². The molecule has 2 rings (SSSR count). The average Bonchev–Trinajstić information content (AvgIpc) is 2.34. The Labute approximate surface area is 109 Å². The standard InChI is InChI=1S/C12H10ClN3O2/c1-8-10(7-12(13)15-14-8)6-9-2-4-11(5-3-9)16(17)18/h2-6H,7H2,1H3/b10-6+. The second-order valence-corrected chi connectivity index (χ2v) is 4.29. The molecule has 1 aromatic carbocycles. The SMILES string of the molecule is CC1=NN=C(Cl)C/C1=C\c1ccc([N+](=O)[O-])cc1. The van der Waals surface area contributed by atoms with Crippen molar-refractivity contribution in [2.75, 3.05) is 0 Å². The van der Waals surface area contributed by atoms with Gasteiger partial charge in [0.05, 0.1) is 10.6 Å². The molecule has 0 saturated heterocycles. The largest absolute Gasteiger partial charge is 0.269 e. The number of allylic oxidation sites excluding steroid dienone is 1. The van der Waals surface area contributed by atoms with E-state index >= 15 is 0 Å². The molecule has 0 aromatic heterocycles. The highest BCUT2D eigenvalue weighted by Gasteiger charge is 2.11. The minimum absolute atomic E-state index is 0.0748. The van der Waals surface area contributed by atoms with Crippen molar-refractivity contribution in [3.05, 3.63) is 45.5 Å². The van der Waals surface area contributed by atoms with Crippen LogP contribution in [0, 0.1) is 10.1 Å². The van der Waals surface area contributed by atoms with E-state index in [-0.39, 0.29) is 5.69 Å². The van der Waals surface area contributed by atoms with Gasteiger partial charge in [-0.3, -0.25) is 10.1 Å². The van der Waals surface area contributed by atoms with Gasteiger partial charge in [-0.2, -0.15) is 5.10 Å². The Kier molecular flexibility index (Phi) is 3.53. The van der Waals surface area contributed by atoms with E-state index in [1.54, 1.807) is 12.1 Å². The van der Waals surface area contributed by atoms with Crippen molar-refractivity contribution in [3.63, 3.8) is 0 Å². The minimum Gasteiger partial charge on any atom is -0.258 e. The molecule has 0 N–H and O–H groups in total. The first-order valence-corrected chi connectivity index (χ1v) is 5.66. The molecule has 0 amide bonds. The highest BCUT2D eigenvalue weighted by molar-refractivity contribution is 6.66. The van der Waals surface area contributed by atoms with Gasteiger partial charge in [0.1, 0.15) is 5.17 Å². The number of rotatable bonds is 2. The number of hydrogen-bond donors (Lipinski definition) is 0. The van der Waals surface area contributed by atoms with E-state index in [1.165, 1.54) is 12.1 Å². The van der Waals surface area contributed by atoms with Crippen LogP contribution in [0.2, 0.25) is 0 Å². The summed E-state index contributed by atoms with van der Waals surface area (Å²) >= 11 is 5.82. The molecular weight excluding hydrogens is 254 g/mol. The summed E-state index contributed by atoms with van der Waals surface area (Å²) in [6.07, 6.45) is 2.44. The Morgan fingerprint density at radius 1 is 1.33 bits per heavy atom. The van der Waals surface area contributed by atoms with E-state index in [9.17, 15) is 10.1 Å². The topological polar surface area (TPSA) is 67.9 Å². The molecule has 0 aliphatic carbocycles. The summed E-state index contributed by atoms with van der Waals surface area (Å²) in [5.41, 5.74) is 2.71. The molecule has 6 heteroatoms. The van der Waals surface area contributed by atoms with Crippen molar-refractivity contribution >= 4 is 34.2 Å². The lowest BCUT2D eigenvalue weighted by molar-refractivity contribution is -0.384. The van der Waals surface area contributed by atoms with E-state index < -0.39 is 4.92 Å². The van der Waals surface area contributed by atoms with Gasteiger partial charge in [-0.25, -0.2) is 0 Å². The van der Waals surface area contributed by atoms with Crippen LogP contribution in [0.5, 0.6) is 0 Å². The van der Waals surface area contributed by atoms with Gasteiger partial charge in [-0.15, -0.1) is 5.10 Å². The summed E-state index contributed by atoms with van der Waals surface area (Å²) in [7, 11) is 0. The zero-order valence-electron chi connectivity index (χ0n) is 9.63. The summed E-state index contributed by atoms with van der Waals surface area (Å²) < 4.78 is 0. The normalized spacial score (nSPS) is 17.3. The molecule has 0 fully saturated rings. The fraction of sp³-hybridized carbons (Fsp3) is 0.167. The van der Waals surface area contributed by atoms with Crippen molar-refractivity contribution in [2.45, 2.75) is 13.3 Å². The number of hydrogen-bond acceptors (Lipinski definition) is 4. The number of halogens is 1. The zero-order valence-corrected chi connectivity index (χ0v) is 10.4. The van der Waals surface area contributed by atoms with Crippen LogP contribution in [-0.4, -0.2) is 15.8 Å². The molecule has 18 heavy (non-hydrogen) atoms. The van der Waals surface area contributed by atoms with E-state index in [0.717, 1.165) is 16.8 Å². The molecule has 1 heterocycles. The maximum absolute atomic E-state index is 10.5. The van der Waals surface area contributed by atoms with Gasteiger partial charge in [0.15, 0.2) is 0 Å². The molecule has 0 unspecified atom stereocenters. The van der Waals surface area contributed by atoms with Crippen LogP contribution in [0.25, 0.3) is 6.08 Å². The van der Waals surface area contributed by atoms with Crippen LogP contribution < -0.4 is 0 Å². The third-order valence-electron chi connectivity index (χ3n) is 2.55. The molecule has 1 aliphatic rings. The maximum atomic E-state index is 10.5. The van der Waals surface area contributed by atoms with Crippen molar-refractivity contribution in [3.8, 4) is 0 Å². The molecule has 1 aromatic rings. The van der Waals surface area contributed by atoms with Crippen molar-refractivity contribution in [1.29, 1.82) is 0 Å². The fourth-order valence-electron chi connectivity index (χ4n) is 1.56. The fourth-order valence-corrected chi connectivity index (χ4v) is 1.74. The first-order valence-electron chi connectivity index (χ1n) is 5.28. The zero-order chi connectivity index (χ0) is 13.1. The molecule has 1 aliphatic heterocycles. The predicted molar refractivity (Wildman–Crippen MR) is 72.1 cm³/mol. The van der Waals surface area contributed by atoms with Gasteiger partial charge < -0.3 is 0 Å². The molecule has 5 nitrogen and oxygen atoms in total. The molecule has 0 atom stereocenters. The quantitative estimate of drug-likeness (QED) is 0.606. The van der Waals surface area contributed by atoms with Crippen LogP contribution in [-0.2, 0) is 0 Å². The van der Waals surface area contributed by atoms with E-state index in [4.69, 9.17) is 11.6 Å². The van der Waals surface area contributed by atoms with Crippen LogP contribution in [0.3, 0.4) is 0 Å². The Morgan fingerprint density at radius 3 is 2.61 bits per heavy atom. The average molecular weight is 264 g/mol. The molecule has 0 spiro atoms. The Hall–Kier alpha value is -2.01. The van der Waals surface area contributed by atoms with Crippen molar-refractivity contribution < 1.29 is 4.92 Å². The molecule has 0 saturated carbocycles. The molecule has 0 radical (unpaired) electrons. The maximum Gasteiger partial charge on any atom is 0.269 e. The second-order valence-electron chi connectivity index (χ2n) is 3.86. The van der Waals surface area contributed by atoms with Crippen molar-refractivity contribution in [1.82, 2.24) is 0 Å². The Morgan fingerprint density at radius 2 is 2.00 bits per heavy atom. The third kappa shape index (κ3) is 2.81. The number of nitro benzene ring substituents is 1. The monoisotopic (exact) mass is 263 g/mol. The van der Waals surface area contributed by atoms with E-state index in [2.05, 4.69) is 10.2 Å². The Bertz CT molecular complexity index is 573. The summed E-state index contributed by atoms with van der Waals surface area (Å²) in [4.78, 5) is 10.1. The summed E-state index contributed by atoms with van der Waals surface area (Å²) in [5, 5.41) is 18.7. The van der Waals surface area contributed by atoms with Gasteiger partial charge in [0, 0.05) is 18.6 Å². The minimum atomic E-state index is -0.423. The highest BCUT2D eigenvalue weighted by Crippen LogP contribution is 2.19. The van der Waals surface area contributed by atoms with Crippen molar-refractivity contribution in [2.24, 2.45) is 10.2 Å². The third-order valence-corrected chi connectivity index (χ3v) is 2.76. The van der Waals surface area contributed by atoms with Crippen LogP contribution in [0.4, 0.5) is 5.69 Å². The number of nitro groups is 1. The van der Waals surface area contributed by atoms with Crippen LogP contribution in [0.15, 0.2) is 40.0 Å². The molecule has 0 bridgehead atoms. The number of nitrogens with zero attached hydrogens (tertiary/aromatic N) is 3. The lowest BCUT2D eigenvalue weighted by Gasteiger charge is -2.09. The lowest BCUT2D eigenvalue weighted by Crippen LogP contribution is -2.06. The first kappa shape index (κ1) is 12.4. The summed E-state index contributed by atoms with van der Waals surface area (Å²) in [5.74, 6) is 0. The van der Waals surface area contributed by atoms with Gasteiger partial charge >= 0.3 is 0 Å². The molecular formula is C12H10ClN3O2. The van der Waals surface area contributed by atoms with Gasteiger partial charge in [-0.05, 0) is 36.3 Å². The van der Waals surface area contributed by atoms with Gasteiger partial charge in [0.2, 0.25) is 0 Å². The van der Waals surface area contributed by atoms with Crippen LogP contribution >= 0.6 is 11.6 Å². The summed E-state index contributed by atoms with van der Waals surface area (Å²) in [6.45, 7) is 1.85. The first-order chi connectivity index (χ1) is 8.56. The number of non-ortho nitro benzene ring substituents is 1. The van der Waals surface area contributed by atoms with E-state index in [1.807, 2.05) is 13.0 Å². The second kappa shape index (κ2) is 5.10. The predicted octanol–water partition coefficient (Wildman–Crippen LogP) is 3.40. The van der Waals surface area contributed by atoms with Crippen LogP contribution in [0.1, 0.15) is 18.9 Å². The smallest absolute Gasteiger partial charge is 0.258 e. The molecule has 92 valence electrons. The highest BCUT2D eigenvalue weighted by atomic mass is 35.5. The van der Waals surface area contributed by atoms with Gasteiger partial charge in [-0.1, -0.05) is 11.6 Å².